The second kappa shape index (κ2) is 11.9. The van der Waals surface area contributed by atoms with Crippen LogP contribution in [0.1, 0.15) is 20.3 Å². The van der Waals surface area contributed by atoms with Crippen molar-refractivity contribution in [3.8, 4) is 0 Å². The van der Waals surface area contributed by atoms with Gasteiger partial charge in [-0.25, -0.2) is 0 Å². The summed E-state index contributed by atoms with van der Waals surface area (Å²) in [5, 5.41) is 0. The molecule has 0 aromatic carbocycles. The first-order valence-electron chi connectivity index (χ1n) is 4.92. The molecule has 79 valence electrons. The second-order valence-corrected chi connectivity index (χ2v) is 2.62. The van der Waals surface area contributed by atoms with Gasteiger partial charge in [-0.1, -0.05) is 6.92 Å². The zero-order chi connectivity index (χ0) is 9.78. The maximum absolute atomic E-state index is 5.28. The van der Waals surface area contributed by atoms with Crippen LogP contribution in [0.3, 0.4) is 0 Å². The molecule has 3 nitrogen and oxygen atoms in total. The maximum atomic E-state index is 5.28. The standard InChI is InChI=1S/C10H21O3/c1-3-5-6-12-9-10-13-8-7-11-4-2/h3H,4-10H2,1-2H3. The van der Waals surface area contributed by atoms with E-state index < -0.39 is 0 Å². The number of hydrogen-bond acceptors (Lipinski definition) is 3. The van der Waals surface area contributed by atoms with Crippen molar-refractivity contribution in [2.45, 2.75) is 20.3 Å². The monoisotopic (exact) mass is 189 g/mol. The predicted octanol–water partition coefficient (Wildman–Crippen LogP) is 1.67. The second-order valence-electron chi connectivity index (χ2n) is 2.62. The summed E-state index contributed by atoms with van der Waals surface area (Å²) in [6.45, 7) is 8.25. The van der Waals surface area contributed by atoms with Crippen LogP contribution in [0.2, 0.25) is 0 Å². The van der Waals surface area contributed by atoms with Crippen LogP contribution >= 0.6 is 0 Å². The lowest BCUT2D eigenvalue weighted by Gasteiger charge is -2.04. The van der Waals surface area contributed by atoms with Gasteiger partial charge in [0.2, 0.25) is 0 Å². The van der Waals surface area contributed by atoms with E-state index in [-0.39, 0.29) is 0 Å². The molecule has 0 fully saturated rings. The largest absolute Gasteiger partial charge is 0.379 e. The molecule has 0 aliphatic heterocycles. The summed E-state index contributed by atoms with van der Waals surface area (Å²) in [6.07, 6.45) is 3.11. The van der Waals surface area contributed by atoms with Crippen LogP contribution in [-0.2, 0) is 14.2 Å². The number of rotatable bonds is 10. The Labute approximate surface area is 81.4 Å². The third kappa shape index (κ3) is 11.9. The number of ether oxygens (including phenoxy) is 3. The highest BCUT2D eigenvalue weighted by Gasteiger charge is 1.89. The molecular formula is C10H21O3. The molecular weight excluding hydrogens is 168 g/mol. The van der Waals surface area contributed by atoms with Crippen molar-refractivity contribution in [3.63, 3.8) is 0 Å². The number of unbranched alkanes of at least 4 members (excludes halogenated alkanes) is 1. The van der Waals surface area contributed by atoms with E-state index in [1.54, 1.807) is 0 Å². The summed E-state index contributed by atoms with van der Waals surface area (Å²) in [7, 11) is 0. The van der Waals surface area contributed by atoms with Crippen LogP contribution in [0.4, 0.5) is 0 Å². The quantitative estimate of drug-likeness (QED) is 0.489. The minimum Gasteiger partial charge on any atom is -0.379 e. The van der Waals surface area contributed by atoms with Crippen LogP contribution in [0.5, 0.6) is 0 Å². The van der Waals surface area contributed by atoms with Crippen LogP contribution in [-0.4, -0.2) is 39.6 Å². The van der Waals surface area contributed by atoms with Gasteiger partial charge in [0.15, 0.2) is 0 Å². The lowest BCUT2D eigenvalue weighted by molar-refractivity contribution is 0.0174. The number of hydrogen-bond donors (Lipinski definition) is 0. The zero-order valence-electron chi connectivity index (χ0n) is 8.75. The molecule has 0 bridgehead atoms. The molecule has 1 radical (unpaired) electrons. The summed E-state index contributed by atoms with van der Waals surface area (Å²) in [4.78, 5) is 0. The normalized spacial score (nSPS) is 10.6. The van der Waals surface area contributed by atoms with Gasteiger partial charge in [0.05, 0.1) is 26.4 Å². The average molecular weight is 189 g/mol. The van der Waals surface area contributed by atoms with Gasteiger partial charge in [-0.3, -0.25) is 0 Å². The summed E-state index contributed by atoms with van der Waals surface area (Å²) in [5.41, 5.74) is 0. The molecule has 0 atom stereocenters. The minimum absolute atomic E-state index is 0.663. The van der Waals surface area contributed by atoms with Crippen LogP contribution in [0.15, 0.2) is 0 Å². The highest BCUT2D eigenvalue weighted by atomic mass is 16.5. The topological polar surface area (TPSA) is 27.7 Å². The minimum atomic E-state index is 0.663. The van der Waals surface area contributed by atoms with E-state index in [4.69, 9.17) is 14.2 Å². The molecule has 0 aliphatic rings. The Kier molecular flexibility index (Phi) is 11.8. The molecule has 0 unspecified atom stereocenters. The Morgan fingerprint density at radius 1 is 0.846 bits per heavy atom. The molecule has 0 N–H and O–H groups in total. The highest BCUT2D eigenvalue weighted by Crippen LogP contribution is 1.86. The molecule has 0 amide bonds. The lowest BCUT2D eigenvalue weighted by Crippen LogP contribution is -2.09. The smallest absolute Gasteiger partial charge is 0.0701 e. The fraction of sp³-hybridized carbons (Fsp3) is 0.900. The van der Waals surface area contributed by atoms with Crippen molar-refractivity contribution in [1.29, 1.82) is 0 Å². The first kappa shape index (κ1) is 12.9. The Balaban J connectivity index is 2.76. The first-order valence-corrected chi connectivity index (χ1v) is 4.92. The average Bonchev–Trinajstić information content (AvgIpc) is 2.16. The van der Waals surface area contributed by atoms with Gasteiger partial charge in [0, 0.05) is 13.2 Å². The Morgan fingerprint density at radius 2 is 1.38 bits per heavy atom. The van der Waals surface area contributed by atoms with Crippen molar-refractivity contribution >= 4 is 0 Å². The fourth-order valence-corrected chi connectivity index (χ4v) is 0.785. The van der Waals surface area contributed by atoms with Gasteiger partial charge in [0.1, 0.15) is 0 Å². The van der Waals surface area contributed by atoms with E-state index in [0.717, 1.165) is 19.6 Å². The summed E-state index contributed by atoms with van der Waals surface area (Å²) in [5.74, 6) is 0. The van der Waals surface area contributed by atoms with Gasteiger partial charge in [-0.2, -0.15) is 0 Å². The van der Waals surface area contributed by atoms with Gasteiger partial charge < -0.3 is 14.2 Å². The summed E-state index contributed by atoms with van der Waals surface area (Å²) >= 11 is 0. The highest BCUT2D eigenvalue weighted by molar-refractivity contribution is 4.52. The lowest BCUT2D eigenvalue weighted by atomic mass is 10.4. The van der Waals surface area contributed by atoms with Gasteiger partial charge in [-0.15, -0.1) is 0 Å². The predicted molar refractivity (Wildman–Crippen MR) is 52.7 cm³/mol. The van der Waals surface area contributed by atoms with E-state index in [0.29, 0.717) is 26.4 Å². The molecule has 3 heteroatoms. The summed E-state index contributed by atoms with van der Waals surface area (Å²) in [6, 6.07) is 0. The van der Waals surface area contributed by atoms with E-state index in [1.807, 2.05) is 13.8 Å². The molecule has 0 aliphatic carbocycles. The Bertz CT molecular complexity index is 76.2. The molecule has 0 rings (SSSR count). The molecule has 0 heterocycles. The maximum Gasteiger partial charge on any atom is 0.0701 e. The van der Waals surface area contributed by atoms with Crippen molar-refractivity contribution in [2.24, 2.45) is 0 Å². The molecule has 0 saturated carbocycles. The molecule has 0 aromatic rings. The Hall–Kier alpha value is -0.120. The van der Waals surface area contributed by atoms with E-state index in [2.05, 4.69) is 6.42 Å². The fourth-order valence-electron chi connectivity index (χ4n) is 0.785. The van der Waals surface area contributed by atoms with Gasteiger partial charge in [-0.05, 0) is 19.8 Å². The van der Waals surface area contributed by atoms with E-state index in [9.17, 15) is 0 Å². The zero-order valence-corrected chi connectivity index (χ0v) is 8.75. The third-order valence-corrected chi connectivity index (χ3v) is 1.50. The van der Waals surface area contributed by atoms with Crippen molar-refractivity contribution in [2.75, 3.05) is 39.6 Å². The third-order valence-electron chi connectivity index (χ3n) is 1.50. The SMILES string of the molecule is C[CH]CCOCCOCCOCC. The molecule has 0 aromatic heterocycles. The first-order chi connectivity index (χ1) is 6.41. The van der Waals surface area contributed by atoms with E-state index >= 15 is 0 Å². The van der Waals surface area contributed by atoms with Crippen molar-refractivity contribution in [3.05, 3.63) is 6.42 Å². The molecule has 0 saturated heterocycles. The van der Waals surface area contributed by atoms with Gasteiger partial charge in [0.25, 0.3) is 0 Å². The molecule has 0 spiro atoms. The van der Waals surface area contributed by atoms with Crippen molar-refractivity contribution in [1.82, 2.24) is 0 Å². The summed E-state index contributed by atoms with van der Waals surface area (Å²) < 4.78 is 15.6. The van der Waals surface area contributed by atoms with Crippen molar-refractivity contribution < 1.29 is 14.2 Å². The van der Waals surface area contributed by atoms with Gasteiger partial charge >= 0.3 is 0 Å². The van der Waals surface area contributed by atoms with Crippen LogP contribution in [0, 0.1) is 6.42 Å². The van der Waals surface area contributed by atoms with Crippen LogP contribution < -0.4 is 0 Å². The molecule has 13 heavy (non-hydrogen) atoms. The Morgan fingerprint density at radius 3 is 1.92 bits per heavy atom. The van der Waals surface area contributed by atoms with Crippen LogP contribution in [0.25, 0.3) is 0 Å². The van der Waals surface area contributed by atoms with E-state index in [1.165, 1.54) is 0 Å².